The molecule has 1 saturated heterocycles. The van der Waals surface area contributed by atoms with Crippen LogP contribution in [-0.2, 0) is 4.74 Å². The standard InChI is InChI=1S/C29H30FN9O3/c1-18-22(41-19-9-10-39-24(15-19)32-17-34-39)7-5-20(25(18)30)35-27-26-21(31-16-33-27)6-8-23(36-26)37-11-13-38(14-12-37)28(40)42-29(2,3)4/h5-10,15-17H,11-14H2,1-4H3,(H,31,33,35). The van der Waals surface area contributed by atoms with Crippen molar-refractivity contribution >= 4 is 40.1 Å². The first kappa shape index (κ1) is 27.1. The Balaban J connectivity index is 1.19. The second-order valence-corrected chi connectivity index (χ2v) is 10.9. The van der Waals surface area contributed by atoms with Crippen molar-refractivity contribution in [3.05, 3.63) is 66.6 Å². The van der Waals surface area contributed by atoms with Gasteiger partial charge in [0, 0.05) is 44.0 Å². The Morgan fingerprint density at radius 2 is 1.81 bits per heavy atom. The fraction of sp³-hybridized carbons (Fsp3) is 0.310. The number of ether oxygens (including phenoxy) is 2. The van der Waals surface area contributed by atoms with E-state index in [4.69, 9.17) is 14.5 Å². The van der Waals surface area contributed by atoms with Crippen molar-refractivity contribution in [2.24, 2.45) is 0 Å². The largest absolute Gasteiger partial charge is 0.457 e. The normalized spacial score (nSPS) is 13.9. The summed E-state index contributed by atoms with van der Waals surface area (Å²) in [6, 6.07) is 10.5. The third-order valence-electron chi connectivity index (χ3n) is 6.79. The molecule has 42 heavy (non-hydrogen) atoms. The highest BCUT2D eigenvalue weighted by Gasteiger charge is 2.26. The van der Waals surface area contributed by atoms with E-state index in [0.717, 1.165) is 0 Å². The fourth-order valence-corrected chi connectivity index (χ4v) is 4.63. The molecule has 5 heterocycles. The molecule has 6 rings (SSSR count). The summed E-state index contributed by atoms with van der Waals surface area (Å²) >= 11 is 0. The number of carbonyl (C=O) groups excluding carboxylic acids is 1. The Kier molecular flexibility index (Phi) is 6.93. The number of hydrogen-bond acceptors (Lipinski definition) is 10. The molecule has 12 nitrogen and oxygen atoms in total. The number of carbonyl (C=O) groups is 1. The van der Waals surface area contributed by atoms with Crippen LogP contribution in [0, 0.1) is 12.7 Å². The molecule has 1 aliphatic rings. The van der Waals surface area contributed by atoms with Gasteiger partial charge in [-0.15, -0.1) is 0 Å². The lowest BCUT2D eigenvalue weighted by molar-refractivity contribution is 0.0240. The summed E-state index contributed by atoms with van der Waals surface area (Å²) in [5.74, 6) is 1.51. The van der Waals surface area contributed by atoms with E-state index in [9.17, 15) is 4.79 Å². The molecule has 13 heteroatoms. The monoisotopic (exact) mass is 571 g/mol. The van der Waals surface area contributed by atoms with Crippen LogP contribution in [0.4, 0.5) is 26.5 Å². The first-order chi connectivity index (χ1) is 20.1. The van der Waals surface area contributed by atoms with Crippen LogP contribution >= 0.6 is 0 Å². The van der Waals surface area contributed by atoms with Crippen LogP contribution in [-0.4, -0.2) is 72.3 Å². The highest BCUT2D eigenvalue weighted by Crippen LogP contribution is 2.33. The highest BCUT2D eigenvalue weighted by molar-refractivity contribution is 5.88. The zero-order valence-corrected chi connectivity index (χ0v) is 23.7. The number of amides is 1. The number of nitrogens with zero attached hydrogens (tertiary/aromatic N) is 8. The summed E-state index contributed by atoms with van der Waals surface area (Å²) < 4.78 is 28.6. The topological polar surface area (TPSA) is 123 Å². The van der Waals surface area contributed by atoms with E-state index in [1.165, 1.54) is 12.7 Å². The highest BCUT2D eigenvalue weighted by atomic mass is 19.1. The van der Waals surface area contributed by atoms with Gasteiger partial charge in [0.2, 0.25) is 0 Å². The molecule has 0 saturated carbocycles. The summed E-state index contributed by atoms with van der Waals surface area (Å²) in [7, 11) is 0. The first-order valence-electron chi connectivity index (χ1n) is 13.5. The summed E-state index contributed by atoms with van der Waals surface area (Å²) in [6.07, 6.45) is 4.26. The van der Waals surface area contributed by atoms with Crippen molar-refractivity contribution in [1.82, 2.24) is 34.4 Å². The van der Waals surface area contributed by atoms with Gasteiger partial charge in [-0.2, -0.15) is 5.10 Å². The van der Waals surface area contributed by atoms with Crippen molar-refractivity contribution in [3.8, 4) is 11.5 Å². The third-order valence-corrected chi connectivity index (χ3v) is 6.79. The Hall–Kier alpha value is -5.07. The minimum atomic E-state index is -0.545. The van der Waals surface area contributed by atoms with Gasteiger partial charge in [0.05, 0.1) is 11.2 Å². The molecule has 1 aromatic carbocycles. The number of nitrogens with one attached hydrogen (secondary N) is 1. The van der Waals surface area contributed by atoms with E-state index in [0.29, 0.717) is 71.6 Å². The van der Waals surface area contributed by atoms with E-state index in [1.807, 2.05) is 32.9 Å². The quantitative estimate of drug-likeness (QED) is 0.304. The van der Waals surface area contributed by atoms with Gasteiger partial charge in [0.15, 0.2) is 17.3 Å². The van der Waals surface area contributed by atoms with Gasteiger partial charge in [0.25, 0.3) is 0 Å². The van der Waals surface area contributed by atoms with Crippen LogP contribution in [0.5, 0.6) is 11.5 Å². The molecule has 1 amide bonds. The van der Waals surface area contributed by atoms with Gasteiger partial charge in [-0.05, 0) is 58.0 Å². The van der Waals surface area contributed by atoms with Crippen molar-refractivity contribution < 1.29 is 18.7 Å². The summed E-state index contributed by atoms with van der Waals surface area (Å²) in [5.41, 5.74) is 1.75. The summed E-state index contributed by atoms with van der Waals surface area (Å²) in [5, 5.41) is 7.16. The third kappa shape index (κ3) is 5.57. The van der Waals surface area contributed by atoms with Crippen molar-refractivity contribution in [2.45, 2.75) is 33.3 Å². The van der Waals surface area contributed by atoms with Crippen LogP contribution in [0.3, 0.4) is 0 Å². The first-order valence-corrected chi connectivity index (χ1v) is 13.5. The summed E-state index contributed by atoms with van der Waals surface area (Å²) in [6.45, 7) is 9.41. The van der Waals surface area contributed by atoms with Crippen molar-refractivity contribution in [3.63, 3.8) is 0 Å². The molecule has 1 aliphatic heterocycles. The minimum Gasteiger partial charge on any atom is -0.457 e. The Bertz CT molecular complexity index is 1780. The molecule has 0 radical (unpaired) electrons. The van der Waals surface area contributed by atoms with Gasteiger partial charge in [-0.3, -0.25) is 0 Å². The van der Waals surface area contributed by atoms with Crippen molar-refractivity contribution in [2.75, 3.05) is 36.4 Å². The van der Waals surface area contributed by atoms with Crippen LogP contribution in [0.15, 0.2) is 55.2 Å². The van der Waals surface area contributed by atoms with E-state index in [1.54, 1.807) is 46.8 Å². The van der Waals surface area contributed by atoms with Gasteiger partial charge < -0.3 is 24.6 Å². The lowest BCUT2D eigenvalue weighted by atomic mass is 10.1. The Morgan fingerprint density at radius 3 is 2.60 bits per heavy atom. The Labute approximate surface area is 241 Å². The average Bonchev–Trinajstić information content (AvgIpc) is 3.44. The average molecular weight is 572 g/mol. The van der Waals surface area contributed by atoms with Gasteiger partial charge in [-0.25, -0.2) is 33.6 Å². The number of piperazine rings is 1. The Morgan fingerprint density at radius 1 is 1.00 bits per heavy atom. The molecular weight excluding hydrogens is 541 g/mol. The maximum atomic E-state index is 15.5. The molecule has 0 atom stereocenters. The molecule has 4 aromatic heterocycles. The number of aromatic nitrogens is 6. The smallest absolute Gasteiger partial charge is 0.410 e. The van der Waals surface area contributed by atoms with Crippen LogP contribution in [0.1, 0.15) is 26.3 Å². The number of pyridine rings is 2. The SMILES string of the molecule is Cc1c(Oc2ccn3ncnc3c2)ccc(Nc2ncnc3ccc(N4CCN(C(=O)OC(C)(C)C)CC4)nc23)c1F. The van der Waals surface area contributed by atoms with Crippen molar-refractivity contribution in [1.29, 1.82) is 0 Å². The zero-order chi connectivity index (χ0) is 29.4. The number of rotatable bonds is 5. The minimum absolute atomic E-state index is 0.228. The van der Waals surface area contributed by atoms with Gasteiger partial charge in [0.1, 0.15) is 41.1 Å². The summed E-state index contributed by atoms with van der Waals surface area (Å²) in [4.78, 5) is 33.9. The predicted octanol–water partition coefficient (Wildman–Crippen LogP) is 5.11. The molecule has 5 aromatic rings. The zero-order valence-electron chi connectivity index (χ0n) is 23.7. The molecular formula is C29H30FN9O3. The molecule has 0 unspecified atom stereocenters. The van der Waals surface area contributed by atoms with Crippen LogP contribution in [0.2, 0.25) is 0 Å². The number of halogens is 1. The van der Waals surface area contributed by atoms with Gasteiger partial charge >= 0.3 is 6.09 Å². The van der Waals surface area contributed by atoms with E-state index in [2.05, 4.69) is 30.3 Å². The van der Waals surface area contributed by atoms with Crippen LogP contribution in [0.25, 0.3) is 16.7 Å². The lowest BCUT2D eigenvalue weighted by Gasteiger charge is -2.36. The number of hydrogen-bond donors (Lipinski definition) is 1. The number of benzene rings is 1. The molecule has 1 fully saturated rings. The maximum absolute atomic E-state index is 15.5. The molecule has 0 spiro atoms. The number of anilines is 3. The molecule has 216 valence electrons. The number of fused-ring (bicyclic) bond motifs is 2. The van der Waals surface area contributed by atoms with Gasteiger partial charge in [-0.1, -0.05) is 0 Å². The van der Waals surface area contributed by atoms with Crippen LogP contribution < -0.4 is 15.0 Å². The second kappa shape index (κ2) is 10.7. The van der Waals surface area contributed by atoms with E-state index >= 15 is 4.39 Å². The second-order valence-electron chi connectivity index (χ2n) is 10.9. The molecule has 1 N–H and O–H groups in total. The maximum Gasteiger partial charge on any atom is 0.410 e. The predicted molar refractivity (Wildman–Crippen MR) is 155 cm³/mol. The molecule has 0 bridgehead atoms. The lowest BCUT2D eigenvalue weighted by Crippen LogP contribution is -2.50. The van der Waals surface area contributed by atoms with E-state index in [-0.39, 0.29) is 11.8 Å². The van der Waals surface area contributed by atoms with E-state index < -0.39 is 11.4 Å². The molecule has 0 aliphatic carbocycles. The fourth-order valence-electron chi connectivity index (χ4n) is 4.63.